The van der Waals surface area contributed by atoms with Crippen LogP contribution in [0.3, 0.4) is 0 Å². The van der Waals surface area contributed by atoms with Gasteiger partial charge in [-0.3, -0.25) is 4.90 Å². The van der Waals surface area contributed by atoms with Crippen LogP contribution in [0.2, 0.25) is 0 Å². The van der Waals surface area contributed by atoms with E-state index >= 15 is 0 Å². The summed E-state index contributed by atoms with van der Waals surface area (Å²) in [5.74, 6) is 1.69. The largest absolute Gasteiger partial charge is 0.367 e. The zero-order valence-corrected chi connectivity index (χ0v) is 14.8. The number of piperidine rings is 1. The van der Waals surface area contributed by atoms with E-state index in [4.69, 9.17) is 0 Å². The number of hydrogen-bond donors (Lipinski definition) is 1. The van der Waals surface area contributed by atoms with Crippen molar-refractivity contribution in [2.24, 2.45) is 0 Å². The lowest BCUT2D eigenvalue weighted by atomic mass is 10.0. The molecule has 0 bridgehead atoms. The van der Waals surface area contributed by atoms with Crippen molar-refractivity contribution in [3.8, 4) is 0 Å². The number of rotatable bonds is 4. The van der Waals surface area contributed by atoms with Gasteiger partial charge in [0.25, 0.3) is 5.78 Å². The molecule has 0 saturated carbocycles. The van der Waals surface area contributed by atoms with Crippen LogP contribution in [0.4, 0.5) is 5.82 Å². The van der Waals surface area contributed by atoms with Crippen molar-refractivity contribution in [1.82, 2.24) is 24.5 Å². The van der Waals surface area contributed by atoms with Crippen LogP contribution >= 0.6 is 0 Å². The molecule has 3 heterocycles. The number of aromatic nitrogens is 4. The third-order valence-electron chi connectivity index (χ3n) is 5.08. The molecule has 1 fully saturated rings. The molecule has 0 spiro atoms. The van der Waals surface area contributed by atoms with E-state index in [9.17, 15) is 0 Å². The number of hydrogen-bond acceptors (Lipinski definition) is 5. The van der Waals surface area contributed by atoms with E-state index in [0.29, 0.717) is 11.8 Å². The predicted octanol–water partition coefficient (Wildman–Crippen LogP) is 2.82. The first-order chi connectivity index (χ1) is 12.2. The Kier molecular flexibility index (Phi) is 4.36. The summed E-state index contributed by atoms with van der Waals surface area (Å²) in [4.78, 5) is 11.2. The minimum atomic E-state index is 0.458. The number of aryl methyl sites for hydroxylation is 1. The quantitative estimate of drug-likeness (QED) is 0.794. The normalized spacial score (nSPS) is 16.4. The first kappa shape index (κ1) is 16.0. The molecule has 1 aliphatic rings. The first-order valence-corrected chi connectivity index (χ1v) is 8.90. The number of benzene rings is 1. The highest BCUT2D eigenvalue weighted by atomic mass is 15.4. The van der Waals surface area contributed by atoms with E-state index in [2.05, 4.69) is 62.5 Å². The van der Waals surface area contributed by atoms with E-state index in [1.165, 1.54) is 5.56 Å². The Morgan fingerprint density at radius 3 is 2.64 bits per heavy atom. The number of fused-ring (bicyclic) bond motifs is 1. The van der Waals surface area contributed by atoms with Gasteiger partial charge in [0.05, 0.1) is 0 Å². The summed E-state index contributed by atoms with van der Waals surface area (Å²) in [6, 6.07) is 11.2. The van der Waals surface area contributed by atoms with Gasteiger partial charge in [-0.2, -0.15) is 14.6 Å². The number of likely N-dealkylation sites (tertiary alicyclic amines) is 1. The summed E-state index contributed by atoms with van der Waals surface area (Å²) in [6.07, 6.45) is 3.82. The third-order valence-corrected chi connectivity index (χ3v) is 5.08. The van der Waals surface area contributed by atoms with Gasteiger partial charge in [0.1, 0.15) is 12.1 Å². The van der Waals surface area contributed by atoms with Crippen molar-refractivity contribution in [3.05, 3.63) is 53.5 Å². The van der Waals surface area contributed by atoms with Gasteiger partial charge < -0.3 is 5.32 Å². The van der Waals surface area contributed by atoms with Crippen LogP contribution in [-0.4, -0.2) is 43.6 Å². The predicted molar refractivity (Wildman–Crippen MR) is 98.6 cm³/mol. The fourth-order valence-electron chi connectivity index (χ4n) is 3.47. The summed E-state index contributed by atoms with van der Waals surface area (Å²) in [5.41, 5.74) is 3.54. The molecule has 130 valence electrons. The second-order valence-electron chi connectivity index (χ2n) is 6.82. The molecule has 1 N–H and O–H groups in total. The van der Waals surface area contributed by atoms with Crippen LogP contribution in [0.1, 0.15) is 29.7 Å². The SMILES string of the molecule is Cc1nc2ncnn2c(NC2CCN(Cc3ccccc3)CC2)c1C. The van der Waals surface area contributed by atoms with Gasteiger partial charge in [0, 0.05) is 36.9 Å². The summed E-state index contributed by atoms with van der Waals surface area (Å²) >= 11 is 0. The topological polar surface area (TPSA) is 58.4 Å². The van der Waals surface area contributed by atoms with Crippen molar-refractivity contribution in [2.75, 3.05) is 18.4 Å². The standard InChI is InChI=1S/C19H24N6/c1-14-15(2)22-19-20-13-21-25(19)18(14)23-17-8-10-24(11-9-17)12-16-6-4-3-5-7-16/h3-7,13,17,23H,8-12H2,1-2H3. The van der Waals surface area contributed by atoms with Crippen LogP contribution in [0.5, 0.6) is 0 Å². The van der Waals surface area contributed by atoms with Gasteiger partial charge in [-0.05, 0) is 32.3 Å². The average Bonchev–Trinajstić information content (AvgIpc) is 3.09. The van der Waals surface area contributed by atoms with Crippen molar-refractivity contribution in [2.45, 2.75) is 39.3 Å². The fraction of sp³-hybridized carbons (Fsp3) is 0.421. The monoisotopic (exact) mass is 336 g/mol. The molecule has 1 aromatic carbocycles. The molecule has 0 aliphatic carbocycles. The third kappa shape index (κ3) is 3.35. The molecule has 3 aromatic rings. The molecule has 2 aromatic heterocycles. The van der Waals surface area contributed by atoms with Gasteiger partial charge >= 0.3 is 0 Å². The number of nitrogens with one attached hydrogen (secondary N) is 1. The van der Waals surface area contributed by atoms with Crippen molar-refractivity contribution >= 4 is 11.6 Å². The molecule has 1 saturated heterocycles. The van der Waals surface area contributed by atoms with Crippen LogP contribution in [0.15, 0.2) is 36.7 Å². The fourth-order valence-corrected chi connectivity index (χ4v) is 3.47. The first-order valence-electron chi connectivity index (χ1n) is 8.90. The Hall–Kier alpha value is -2.47. The Balaban J connectivity index is 1.42. The van der Waals surface area contributed by atoms with Crippen molar-refractivity contribution in [1.29, 1.82) is 0 Å². The molecular formula is C19H24N6. The van der Waals surface area contributed by atoms with E-state index in [-0.39, 0.29) is 0 Å². The molecular weight excluding hydrogens is 312 g/mol. The van der Waals surface area contributed by atoms with Crippen molar-refractivity contribution in [3.63, 3.8) is 0 Å². The maximum atomic E-state index is 4.49. The van der Waals surface area contributed by atoms with Gasteiger partial charge in [0.15, 0.2) is 0 Å². The molecule has 6 heteroatoms. The highest BCUT2D eigenvalue weighted by molar-refractivity contribution is 5.52. The zero-order valence-electron chi connectivity index (χ0n) is 14.8. The molecule has 1 aliphatic heterocycles. The van der Waals surface area contributed by atoms with Crippen molar-refractivity contribution < 1.29 is 0 Å². The highest BCUT2D eigenvalue weighted by Crippen LogP contribution is 2.22. The summed E-state index contributed by atoms with van der Waals surface area (Å²) in [7, 11) is 0. The van der Waals surface area contributed by atoms with E-state index in [0.717, 1.165) is 49.6 Å². The lowest BCUT2D eigenvalue weighted by molar-refractivity contribution is 0.211. The second-order valence-corrected chi connectivity index (χ2v) is 6.82. The highest BCUT2D eigenvalue weighted by Gasteiger charge is 2.21. The minimum Gasteiger partial charge on any atom is -0.367 e. The summed E-state index contributed by atoms with van der Waals surface area (Å²) in [5, 5.41) is 8.02. The maximum Gasteiger partial charge on any atom is 0.254 e. The Morgan fingerprint density at radius 2 is 1.88 bits per heavy atom. The molecule has 4 rings (SSSR count). The summed E-state index contributed by atoms with van der Waals surface area (Å²) < 4.78 is 1.82. The van der Waals surface area contributed by atoms with Gasteiger partial charge in [0.2, 0.25) is 0 Å². The molecule has 6 nitrogen and oxygen atoms in total. The summed E-state index contributed by atoms with van der Waals surface area (Å²) in [6.45, 7) is 7.37. The van der Waals surface area contributed by atoms with E-state index in [1.807, 2.05) is 11.4 Å². The van der Waals surface area contributed by atoms with Crippen LogP contribution in [-0.2, 0) is 6.54 Å². The number of anilines is 1. The van der Waals surface area contributed by atoms with Gasteiger partial charge in [-0.1, -0.05) is 30.3 Å². The second kappa shape index (κ2) is 6.80. The molecule has 25 heavy (non-hydrogen) atoms. The molecule has 0 atom stereocenters. The van der Waals surface area contributed by atoms with Gasteiger partial charge in [-0.25, -0.2) is 4.98 Å². The molecule has 0 unspecified atom stereocenters. The smallest absolute Gasteiger partial charge is 0.254 e. The van der Waals surface area contributed by atoms with E-state index < -0.39 is 0 Å². The zero-order chi connectivity index (χ0) is 17.2. The van der Waals surface area contributed by atoms with E-state index in [1.54, 1.807) is 6.33 Å². The molecule has 0 amide bonds. The lowest BCUT2D eigenvalue weighted by Gasteiger charge is -2.33. The molecule has 0 radical (unpaired) electrons. The number of nitrogens with zero attached hydrogens (tertiary/aromatic N) is 5. The maximum absolute atomic E-state index is 4.49. The lowest BCUT2D eigenvalue weighted by Crippen LogP contribution is -2.39. The Morgan fingerprint density at radius 1 is 1.12 bits per heavy atom. The Labute approximate surface area is 147 Å². The van der Waals surface area contributed by atoms with Gasteiger partial charge in [-0.15, -0.1) is 0 Å². The Bertz CT molecular complexity index is 849. The van der Waals surface area contributed by atoms with Crippen LogP contribution < -0.4 is 5.32 Å². The van der Waals surface area contributed by atoms with Crippen LogP contribution in [0, 0.1) is 13.8 Å². The minimum absolute atomic E-state index is 0.458. The average molecular weight is 336 g/mol. The van der Waals surface area contributed by atoms with Crippen LogP contribution in [0.25, 0.3) is 5.78 Å².